The minimum absolute atomic E-state index is 0.210. The van der Waals surface area contributed by atoms with Crippen LogP contribution >= 0.6 is 0 Å². The number of carboxylic acid groups (broad SMARTS) is 1. The van der Waals surface area contributed by atoms with Crippen molar-refractivity contribution in [2.75, 3.05) is 11.5 Å². The average molecular weight is 268 g/mol. The van der Waals surface area contributed by atoms with Crippen molar-refractivity contribution in [2.24, 2.45) is 0 Å². The first-order chi connectivity index (χ1) is 9.54. The van der Waals surface area contributed by atoms with Crippen molar-refractivity contribution >= 4 is 28.4 Å². The molecule has 3 aromatic rings. The van der Waals surface area contributed by atoms with Gasteiger partial charge in [-0.15, -0.1) is 0 Å². The number of aromatic nitrogens is 2. The monoisotopic (exact) mass is 268 g/mol. The molecule has 0 atom stereocenters. The summed E-state index contributed by atoms with van der Waals surface area (Å²) in [7, 11) is 0. The lowest BCUT2D eigenvalue weighted by Gasteiger charge is -1.98. The summed E-state index contributed by atoms with van der Waals surface area (Å²) in [6.07, 6.45) is 0. The van der Waals surface area contributed by atoms with Gasteiger partial charge in [-0.2, -0.15) is 0 Å². The van der Waals surface area contributed by atoms with E-state index in [1.807, 2.05) is 0 Å². The second kappa shape index (κ2) is 4.27. The van der Waals surface area contributed by atoms with E-state index in [-0.39, 0.29) is 5.56 Å². The quantitative estimate of drug-likeness (QED) is 0.531. The lowest BCUT2D eigenvalue weighted by Crippen LogP contribution is -1.95. The molecule has 0 aliphatic carbocycles. The topological polar surface area (TPSA) is 118 Å². The zero-order valence-corrected chi connectivity index (χ0v) is 10.4. The molecule has 0 radical (unpaired) electrons. The number of hydrogen-bond acceptors (Lipinski definition) is 4. The number of carbonyl (C=O) groups is 1. The molecule has 0 amide bonds. The van der Waals surface area contributed by atoms with Gasteiger partial charge in [0.05, 0.1) is 28.0 Å². The van der Waals surface area contributed by atoms with E-state index in [1.54, 1.807) is 30.3 Å². The molecule has 6 N–H and O–H groups in total. The Labute approximate surface area is 114 Å². The highest BCUT2D eigenvalue weighted by molar-refractivity contribution is 5.90. The average Bonchev–Trinajstić information content (AvgIpc) is 2.82. The number of imidazole rings is 1. The van der Waals surface area contributed by atoms with Gasteiger partial charge in [-0.3, -0.25) is 0 Å². The van der Waals surface area contributed by atoms with Gasteiger partial charge >= 0.3 is 5.97 Å². The van der Waals surface area contributed by atoms with Crippen LogP contribution in [0.25, 0.3) is 22.4 Å². The number of fused-ring (bicyclic) bond motifs is 1. The van der Waals surface area contributed by atoms with Crippen LogP contribution in [0, 0.1) is 0 Å². The molecule has 100 valence electrons. The summed E-state index contributed by atoms with van der Waals surface area (Å²) < 4.78 is 0. The summed E-state index contributed by atoms with van der Waals surface area (Å²) in [5.74, 6) is -0.399. The largest absolute Gasteiger partial charge is 0.478 e. The first-order valence-electron chi connectivity index (χ1n) is 5.93. The summed E-state index contributed by atoms with van der Waals surface area (Å²) in [6, 6.07) is 9.96. The smallest absolute Gasteiger partial charge is 0.335 e. The number of aromatic amines is 1. The number of hydrogen-bond donors (Lipinski definition) is 4. The lowest BCUT2D eigenvalue weighted by molar-refractivity contribution is 0.0697. The minimum Gasteiger partial charge on any atom is -0.478 e. The zero-order valence-electron chi connectivity index (χ0n) is 10.4. The molecule has 0 aliphatic rings. The second-order valence-corrected chi connectivity index (χ2v) is 4.47. The Morgan fingerprint density at radius 1 is 1.15 bits per heavy atom. The van der Waals surface area contributed by atoms with E-state index in [0.29, 0.717) is 28.3 Å². The highest BCUT2D eigenvalue weighted by atomic mass is 16.4. The molecule has 0 aliphatic heterocycles. The molecule has 0 spiro atoms. The molecule has 3 rings (SSSR count). The van der Waals surface area contributed by atoms with Crippen LogP contribution in [0.5, 0.6) is 0 Å². The number of rotatable bonds is 2. The second-order valence-electron chi connectivity index (χ2n) is 4.47. The first-order valence-corrected chi connectivity index (χ1v) is 5.93. The van der Waals surface area contributed by atoms with Gasteiger partial charge in [0.1, 0.15) is 5.82 Å². The molecule has 0 saturated carbocycles. The Balaban J connectivity index is 2.15. The van der Waals surface area contributed by atoms with Gasteiger partial charge in [0.15, 0.2) is 0 Å². The molecule has 0 bridgehead atoms. The molecular weight excluding hydrogens is 256 g/mol. The highest BCUT2D eigenvalue weighted by Crippen LogP contribution is 2.26. The van der Waals surface area contributed by atoms with E-state index in [4.69, 9.17) is 16.6 Å². The molecule has 0 unspecified atom stereocenters. The van der Waals surface area contributed by atoms with Crippen molar-refractivity contribution in [3.05, 3.63) is 42.0 Å². The summed E-state index contributed by atoms with van der Waals surface area (Å²) in [6.45, 7) is 0. The lowest BCUT2D eigenvalue weighted by atomic mass is 10.1. The van der Waals surface area contributed by atoms with E-state index < -0.39 is 5.97 Å². The number of carboxylic acids is 1. The number of H-pyrrole nitrogens is 1. The number of aromatic carboxylic acids is 1. The molecule has 2 aromatic carbocycles. The molecule has 6 nitrogen and oxygen atoms in total. The molecule has 20 heavy (non-hydrogen) atoms. The van der Waals surface area contributed by atoms with Gasteiger partial charge in [-0.25, -0.2) is 9.78 Å². The Hall–Kier alpha value is -3.02. The Morgan fingerprint density at radius 3 is 2.65 bits per heavy atom. The number of nitrogens with zero attached hydrogens (tertiary/aromatic N) is 1. The predicted octanol–water partition coefficient (Wildman–Crippen LogP) is 2.09. The predicted molar refractivity (Wildman–Crippen MR) is 77.3 cm³/mol. The van der Waals surface area contributed by atoms with Crippen molar-refractivity contribution in [3.63, 3.8) is 0 Å². The van der Waals surface area contributed by atoms with Crippen LogP contribution in [0.4, 0.5) is 11.4 Å². The van der Waals surface area contributed by atoms with Crippen molar-refractivity contribution in [1.82, 2.24) is 9.97 Å². The fourth-order valence-corrected chi connectivity index (χ4v) is 2.03. The van der Waals surface area contributed by atoms with Crippen LogP contribution in [0.3, 0.4) is 0 Å². The number of benzene rings is 2. The summed E-state index contributed by atoms with van der Waals surface area (Å²) in [5, 5.41) is 9.01. The van der Waals surface area contributed by atoms with Crippen LogP contribution < -0.4 is 11.5 Å². The fraction of sp³-hybridized carbons (Fsp3) is 0. The molecule has 1 heterocycles. The molecule has 1 aromatic heterocycles. The SMILES string of the molecule is Nc1cc2nc(-c3cccc(C(=O)O)c3)[nH]c2cc1N. The Morgan fingerprint density at radius 2 is 1.90 bits per heavy atom. The summed E-state index contributed by atoms with van der Waals surface area (Å²) >= 11 is 0. The number of nitrogens with one attached hydrogen (secondary N) is 1. The zero-order chi connectivity index (χ0) is 14.3. The fourth-order valence-electron chi connectivity index (χ4n) is 2.03. The van der Waals surface area contributed by atoms with Crippen molar-refractivity contribution in [2.45, 2.75) is 0 Å². The minimum atomic E-state index is -0.976. The summed E-state index contributed by atoms with van der Waals surface area (Å²) in [4.78, 5) is 18.5. The molecule has 0 fully saturated rings. The van der Waals surface area contributed by atoms with Gasteiger partial charge in [0, 0.05) is 5.56 Å². The first kappa shape index (κ1) is 12.0. The van der Waals surface area contributed by atoms with E-state index in [1.165, 1.54) is 6.07 Å². The highest BCUT2D eigenvalue weighted by Gasteiger charge is 2.09. The number of nitrogens with two attached hydrogens (primary N) is 2. The van der Waals surface area contributed by atoms with E-state index in [2.05, 4.69) is 9.97 Å². The maximum atomic E-state index is 11.0. The number of anilines is 2. The summed E-state index contributed by atoms with van der Waals surface area (Å²) in [5.41, 5.74) is 14.8. The van der Waals surface area contributed by atoms with Crippen LogP contribution in [-0.4, -0.2) is 21.0 Å². The Kier molecular flexibility index (Phi) is 2.57. The third-order valence-corrected chi connectivity index (χ3v) is 3.07. The third-order valence-electron chi connectivity index (χ3n) is 3.07. The van der Waals surface area contributed by atoms with Gasteiger partial charge in [0.25, 0.3) is 0 Å². The van der Waals surface area contributed by atoms with Crippen molar-refractivity contribution in [1.29, 1.82) is 0 Å². The van der Waals surface area contributed by atoms with E-state index in [9.17, 15) is 4.79 Å². The Bertz CT molecular complexity index is 784. The third kappa shape index (κ3) is 1.93. The van der Waals surface area contributed by atoms with Crippen LogP contribution in [0.15, 0.2) is 36.4 Å². The maximum absolute atomic E-state index is 11.0. The van der Waals surface area contributed by atoms with E-state index in [0.717, 1.165) is 5.52 Å². The number of nitrogen functional groups attached to an aromatic ring is 2. The van der Waals surface area contributed by atoms with Gasteiger partial charge in [-0.05, 0) is 24.3 Å². The molecular formula is C14H12N4O2. The maximum Gasteiger partial charge on any atom is 0.335 e. The van der Waals surface area contributed by atoms with Crippen LogP contribution in [0.2, 0.25) is 0 Å². The molecule has 0 saturated heterocycles. The standard InChI is InChI=1S/C14H12N4O2/c15-9-5-11-12(6-10(9)16)18-13(17-11)7-2-1-3-8(4-7)14(19)20/h1-6H,15-16H2,(H,17,18)(H,19,20). The van der Waals surface area contributed by atoms with Gasteiger partial charge < -0.3 is 21.6 Å². The van der Waals surface area contributed by atoms with Crippen molar-refractivity contribution < 1.29 is 9.90 Å². The normalized spacial score (nSPS) is 10.8. The van der Waals surface area contributed by atoms with Crippen LogP contribution in [0.1, 0.15) is 10.4 Å². The van der Waals surface area contributed by atoms with Crippen molar-refractivity contribution in [3.8, 4) is 11.4 Å². The van der Waals surface area contributed by atoms with Gasteiger partial charge in [-0.1, -0.05) is 12.1 Å². The van der Waals surface area contributed by atoms with E-state index >= 15 is 0 Å². The molecule has 6 heteroatoms. The van der Waals surface area contributed by atoms with Crippen LogP contribution in [-0.2, 0) is 0 Å². The van der Waals surface area contributed by atoms with Gasteiger partial charge in [0.2, 0.25) is 0 Å².